The van der Waals surface area contributed by atoms with Gasteiger partial charge in [-0.05, 0) is 41.1 Å². The third-order valence-corrected chi connectivity index (χ3v) is 2.77. The molecule has 1 rings (SSSR count). The molecule has 1 aromatic carbocycles. The van der Waals surface area contributed by atoms with Gasteiger partial charge in [0.05, 0.1) is 10.6 Å². The first-order valence-corrected chi connectivity index (χ1v) is 5.93. The lowest BCUT2D eigenvalue weighted by Gasteiger charge is -2.14. The highest BCUT2D eigenvalue weighted by Gasteiger charge is 2.31. The lowest BCUT2D eigenvalue weighted by Crippen LogP contribution is -2.19. The van der Waals surface area contributed by atoms with Crippen LogP contribution in [-0.2, 0) is 4.74 Å². The zero-order valence-corrected chi connectivity index (χ0v) is 11.4. The van der Waals surface area contributed by atoms with Crippen molar-refractivity contribution < 1.29 is 22.6 Å². The van der Waals surface area contributed by atoms with Gasteiger partial charge in [0.2, 0.25) is 0 Å². The summed E-state index contributed by atoms with van der Waals surface area (Å²) in [5.74, 6) is -0.271. The van der Waals surface area contributed by atoms with Crippen LogP contribution in [0.1, 0.15) is 6.92 Å². The van der Waals surface area contributed by atoms with Crippen molar-refractivity contribution in [1.29, 1.82) is 0 Å². The highest BCUT2D eigenvalue weighted by atomic mass is 79.9. The maximum absolute atomic E-state index is 12.0. The lowest BCUT2D eigenvalue weighted by molar-refractivity contribution is -0.274. The minimum absolute atomic E-state index is 0.00915. The molecule has 0 aromatic heterocycles. The Bertz CT molecular complexity index is 398. The van der Waals surface area contributed by atoms with E-state index in [1.165, 1.54) is 18.2 Å². The summed E-state index contributed by atoms with van der Waals surface area (Å²) in [6, 6.07) is 4.27. The SMILES string of the molecule is COC(C)CNc1ccc(OC(F)(F)F)c(Br)c1. The van der Waals surface area contributed by atoms with E-state index in [0.717, 1.165) is 0 Å². The highest BCUT2D eigenvalue weighted by Crippen LogP contribution is 2.32. The normalized spacial score (nSPS) is 13.2. The number of anilines is 1. The topological polar surface area (TPSA) is 30.5 Å². The Morgan fingerprint density at radius 2 is 2.06 bits per heavy atom. The van der Waals surface area contributed by atoms with E-state index in [4.69, 9.17) is 4.74 Å². The number of benzene rings is 1. The Kier molecular flexibility index (Phi) is 5.28. The molecule has 1 aromatic rings. The molecule has 0 amide bonds. The molecule has 0 fully saturated rings. The molecule has 1 N–H and O–H groups in total. The van der Waals surface area contributed by atoms with E-state index in [1.807, 2.05) is 6.92 Å². The number of hydrogen-bond donors (Lipinski definition) is 1. The zero-order valence-electron chi connectivity index (χ0n) is 9.84. The van der Waals surface area contributed by atoms with Gasteiger partial charge < -0.3 is 14.8 Å². The summed E-state index contributed by atoms with van der Waals surface area (Å²) < 4.78 is 45.2. The molecule has 7 heteroatoms. The molecular formula is C11H13BrF3NO2. The minimum atomic E-state index is -4.69. The van der Waals surface area contributed by atoms with Gasteiger partial charge in [0, 0.05) is 19.3 Å². The second-order valence-electron chi connectivity index (χ2n) is 3.62. The van der Waals surface area contributed by atoms with Crippen molar-refractivity contribution in [2.75, 3.05) is 19.0 Å². The number of rotatable bonds is 5. The van der Waals surface area contributed by atoms with Crippen LogP contribution < -0.4 is 10.1 Å². The molecule has 0 aliphatic rings. The Morgan fingerprint density at radius 3 is 2.56 bits per heavy atom. The summed E-state index contributed by atoms with van der Waals surface area (Å²) in [6.07, 6.45) is -4.68. The fraction of sp³-hybridized carbons (Fsp3) is 0.455. The van der Waals surface area contributed by atoms with Gasteiger partial charge in [-0.15, -0.1) is 13.2 Å². The van der Waals surface area contributed by atoms with Crippen molar-refractivity contribution >= 4 is 21.6 Å². The van der Waals surface area contributed by atoms with E-state index in [2.05, 4.69) is 26.0 Å². The molecule has 0 heterocycles. The Labute approximate surface area is 111 Å². The van der Waals surface area contributed by atoms with Crippen molar-refractivity contribution in [3.05, 3.63) is 22.7 Å². The van der Waals surface area contributed by atoms with Gasteiger partial charge in [-0.25, -0.2) is 0 Å². The predicted octanol–water partition coefficient (Wildman–Crippen LogP) is 3.79. The van der Waals surface area contributed by atoms with Gasteiger partial charge >= 0.3 is 6.36 Å². The van der Waals surface area contributed by atoms with Gasteiger partial charge in [0.1, 0.15) is 5.75 Å². The van der Waals surface area contributed by atoms with Gasteiger partial charge in [0.25, 0.3) is 0 Å². The van der Waals surface area contributed by atoms with Crippen LogP contribution >= 0.6 is 15.9 Å². The summed E-state index contributed by atoms with van der Waals surface area (Å²) in [7, 11) is 1.59. The first-order chi connectivity index (χ1) is 8.31. The summed E-state index contributed by atoms with van der Waals surface area (Å²) in [5.41, 5.74) is 0.681. The smallest absolute Gasteiger partial charge is 0.405 e. The molecule has 0 bridgehead atoms. The molecule has 0 aliphatic heterocycles. The number of nitrogens with one attached hydrogen (secondary N) is 1. The molecule has 0 saturated heterocycles. The molecule has 18 heavy (non-hydrogen) atoms. The molecule has 0 aliphatic carbocycles. The van der Waals surface area contributed by atoms with Crippen LogP contribution in [0.5, 0.6) is 5.75 Å². The second kappa shape index (κ2) is 6.29. The van der Waals surface area contributed by atoms with Crippen LogP contribution in [0.4, 0.5) is 18.9 Å². The molecule has 102 valence electrons. The Hall–Kier alpha value is -0.950. The molecule has 0 saturated carbocycles. The van der Waals surface area contributed by atoms with Crippen LogP contribution in [-0.4, -0.2) is 26.1 Å². The van der Waals surface area contributed by atoms with E-state index in [9.17, 15) is 13.2 Å². The largest absolute Gasteiger partial charge is 0.573 e. The fourth-order valence-electron chi connectivity index (χ4n) is 1.16. The van der Waals surface area contributed by atoms with Crippen molar-refractivity contribution in [2.45, 2.75) is 19.4 Å². The van der Waals surface area contributed by atoms with Crippen LogP contribution in [0, 0.1) is 0 Å². The van der Waals surface area contributed by atoms with E-state index < -0.39 is 6.36 Å². The zero-order chi connectivity index (χ0) is 13.8. The number of alkyl halides is 3. The third-order valence-electron chi connectivity index (χ3n) is 2.15. The monoisotopic (exact) mass is 327 g/mol. The number of ether oxygens (including phenoxy) is 2. The molecule has 0 spiro atoms. The first-order valence-electron chi connectivity index (χ1n) is 5.14. The maximum atomic E-state index is 12.0. The van der Waals surface area contributed by atoms with Crippen molar-refractivity contribution in [2.24, 2.45) is 0 Å². The predicted molar refractivity (Wildman–Crippen MR) is 65.8 cm³/mol. The second-order valence-corrected chi connectivity index (χ2v) is 4.47. The van der Waals surface area contributed by atoms with Crippen molar-refractivity contribution in [1.82, 2.24) is 0 Å². The van der Waals surface area contributed by atoms with Crippen molar-refractivity contribution in [3.63, 3.8) is 0 Å². The Balaban J connectivity index is 2.67. The summed E-state index contributed by atoms with van der Waals surface area (Å²) >= 11 is 3.03. The first kappa shape index (κ1) is 15.1. The van der Waals surface area contributed by atoms with Gasteiger partial charge in [-0.2, -0.15) is 0 Å². The van der Waals surface area contributed by atoms with Crippen molar-refractivity contribution in [3.8, 4) is 5.75 Å². The Morgan fingerprint density at radius 1 is 1.39 bits per heavy atom. The van der Waals surface area contributed by atoms with Gasteiger partial charge in [0.15, 0.2) is 0 Å². The van der Waals surface area contributed by atoms with Crippen LogP contribution in [0.15, 0.2) is 22.7 Å². The fourth-order valence-corrected chi connectivity index (χ4v) is 1.62. The number of halogens is 4. The molecule has 1 atom stereocenters. The average Bonchev–Trinajstić information content (AvgIpc) is 2.27. The summed E-state index contributed by atoms with van der Waals surface area (Å²) in [5, 5.41) is 3.03. The maximum Gasteiger partial charge on any atom is 0.573 e. The summed E-state index contributed by atoms with van der Waals surface area (Å²) in [6.45, 7) is 2.44. The van der Waals surface area contributed by atoms with E-state index in [1.54, 1.807) is 7.11 Å². The molecule has 1 unspecified atom stereocenters. The van der Waals surface area contributed by atoms with Crippen LogP contribution in [0.3, 0.4) is 0 Å². The highest BCUT2D eigenvalue weighted by molar-refractivity contribution is 9.10. The van der Waals surface area contributed by atoms with Gasteiger partial charge in [-0.1, -0.05) is 0 Å². The molecule has 3 nitrogen and oxygen atoms in total. The van der Waals surface area contributed by atoms with E-state index >= 15 is 0 Å². The minimum Gasteiger partial charge on any atom is -0.405 e. The third kappa shape index (κ3) is 5.14. The standard InChI is InChI=1S/C11H13BrF3NO2/c1-7(17-2)6-16-8-3-4-10(9(12)5-8)18-11(13,14)15/h3-5,7,16H,6H2,1-2H3. The number of methoxy groups -OCH3 is 1. The number of hydrogen-bond acceptors (Lipinski definition) is 3. The molecule has 0 radical (unpaired) electrons. The van der Waals surface area contributed by atoms with E-state index in [-0.39, 0.29) is 16.3 Å². The van der Waals surface area contributed by atoms with E-state index in [0.29, 0.717) is 12.2 Å². The quantitative estimate of drug-likeness (QED) is 0.892. The van der Waals surface area contributed by atoms with Gasteiger partial charge in [-0.3, -0.25) is 0 Å². The van der Waals surface area contributed by atoms with Crippen LogP contribution in [0.2, 0.25) is 0 Å². The van der Waals surface area contributed by atoms with Crippen LogP contribution in [0.25, 0.3) is 0 Å². The lowest BCUT2D eigenvalue weighted by atomic mass is 10.3. The molecular weight excluding hydrogens is 315 g/mol. The average molecular weight is 328 g/mol. The summed E-state index contributed by atoms with van der Waals surface area (Å²) in [4.78, 5) is 0.